The van der Waals surface area contributed by atoms with Gasteiger partial charge < -0.3 is 28.4 Å². The van der Waals surface area contributed by atoms with Crippen molar-refractivity contribution in [3.05, 3.63) is 58.4 Å². The number of rotatable bonds is 7. The summed E-state index contributed by atoms with van der Waals surface area (Å²) in [6.45, 7) is 9.28. The first-order valence-electron chi connectivity index (χ1n) is 13.9. The summed E-state index contributed by atoms with van der Waals surface area (Å²) in [4.78, 5) is 34.5. The van der Waals surface area contributed by atoms with Crippen molar-refractivity contribution in [2.24, 2.45) is 0 Å². The third-order valence-electron chi connectivity index (χ3n) is 7.35. The van der Waals surface area contributed by atoms with E-state index in [1.165, 1.54) is 25.3 Å². The van der Waals surface area contributed by atoms with Gasteiger partial charge in [0.15, 0.2) is 11.5 Å². The van der Waals surface area contributed by atoms with Gasteiger partial charge in [-0.1, -0.05) is 0 Å². The number of benzene rings is 1. The third-order valence-corrected chi connectivity index (χ3v) is 7.35. The summed E-state index contributed by atoms with van der Waals surface area (Å²) in [7, 11) is 1.47. The zero-order valence-corrected chi connectivity index (χ0v) is 24.0. The van der Waals surface area contributed by atoms with Crippen molar-refractivity contribution in [1.82, 2.24) is 19.4 Å². The Balaban J connectivity index is 1.27. The van der Waals surface area contributed by atoms with Crippen LogP contribution in [0.5, 0.6) is 17.2 Å². The molecule has 0 N–H and O–H groups in total. The van der Waals surface area contributed by atoms with Gasteiger partial charge in [-0.05, 0) is 39.7 Å². The van der Waals surface area contributed by atoms with E-state index in [0.717, 1.165) is 25.9 Å². The van der Waals surface area contributed by atoms with E-state index in [-0.39, 0.29) is 24.2 Å². The third kappa shape index (κ3) is 6.73. The van der Waals surface area contributed by atoms with Crippen LogP contribution >= 0.6 is 0 Å². The van der Waals surface area contributed by atoms with Crippen LogP contribution in [-0.4, -0.2) is 77.0 Å². The maximum Gasteiger partial charge on any atom is 0.410 e. The molecule has 0 spiro atoms. The Morgan fingerprint density at radius 2 is 1.83 bits per heavy atom. The maximum absolute atomic E-state index is 14.6. The number of carbonyl (C=O) groups excluding carboxylic acids is 1. The normalized spacial score (nSPS) is 16.0. The smallest absolute Gasteiger partial charge is 0.410 e. The van der Waals surface area contributed by atoms with Crippen LogP contribution in [0.2, 0.25) is 0 Å². The van der Waals surface area contributed by atoms with E-state index in [1.807, 2.05) is 26.8 Å². The maximum atomic E-state index is 14.6. The molecule has 3 aromatic rings. The van der Waals surface area contributed by atoms with Gasteiger partial charge in [0.1, 0.15) is 30.4 Å². The molecule has 2 aliphatic heterocycles. The summed E-state index contributed by atoms with van der Waals surface area (Å²) < 4.78 is 38.5. The topological polar surface area (TPSA) is 95.4 Å². The largest absolute Gasteiger partial charge is 0.497 e. The molecule has 5 rings (SSSR count). The number of pyridine rings is 2. The summed E-state index contributed by atoms with van der Waals surface area (Å²) in [5.41, 5.74) is 0.375. The van der Waals surface area contributed by atoms with Crippen LogP contribution in [0.1, 0.15) is 39.3 Å². The molecule has 4 heterocycles. The molecule has 1 fully saturated rings. The van der Waals surface area contributed by atoms with Crippen LogP contribution in [0.4, 0.5) is 9.18 Å². The first-order chi connectivity index (χ1) is 19.6. The van der Waals surface area contributed by atoms with Crippen LogP contribution < -0.4 is 19.8 Å². The van der Waals surface area contributed by atoms with Crippen molar-refractivity contribution in [3.63, 3.8) is 0 Å². The molecule has 0 saturated carbocycles. The van der Waals surface area contributed by atoms with Crippen molar-refractivity contribution in [1.29, 1.82) is 0 Å². The van der Waals surface area contributed by atoms with Gasteiger partial charge in [0, 0.05) is 61.9 Å². The predicted octanol–water partition coefficient (Wildman–Crippen LogP) is 4.22. The van der Waals surface area contributed by atoms with E-state index in [0.29, 0.717) is 60.1 Å². The molecule has 2 aromatic heterocycles. The Bertz CT molecular complexity index is 1460. The number of ether oxygens (including phenoxy) is 4. The molecule has 0 radical (unpaired) electrons. The van der Waals surface area contributed by atoms with E-state index in [1.54, 1.807) is 21.7 Å². The number of likely N-dealkylation sites (tertiary alicyclic amines) is 1. The van der Waals surface area contributed by atoms with Gasteiger partial charge in [-0.15, -0.1) is 0 Å². The number of aromatic nitrogens is 2. The highest BCUT2D eigenvalue weighted by atomic mass is 19.1. The van der Waals surface area contributed by atoms with Gasteiger partial charge in [-0.25, -0.2) is 9.18 Å². The number of amides is 1. The van der Waals surface area contributed by atoms with Gasteiger partial charge in [-0.2, -0.15) is 0 Å². The van der Waals surface area contributed by atoms with Crippen LogP contribution in [0.15, 0.2) is 41.3 Å². The first kappa shape index (κ1) is 28.7. The van der Waals surface area contributed by atoms with E-state index < -0.39 is 11.4 Å². The van der Waals surface area contributed by atoms with Crippen molar-refractivity contribution in [2.45, 2.75) is 58.3 Å². The second-order valence-corrected chi connectivity index (χ2v) is 11.4. The van der Waals surface area contributed by atoms with Crippen molar-refractivity contribution >= 4 is 17.0 Å². The minimum absolute atomic E-state index is 0.0465. The lowest BCUT2D eigenvalue weighted by Gasteiger charge is -2.39. The number of halogens is 1. The summed E-state index contributed by atoms with van der Waals surface area (Å²) in [6, 6.07) is 7.69. The van der Waals surface area contributed by atoms with Crippen LogP contribution in [0, 0.1) is 5.82 Å². The molecule has 0 atom stereocenters. The monoisotopic (exact) mass is 568 g/mol. The Hall–Kier alpha value is -3.86. The van der Waals surface area contributed by atoms with Gasteiger partial charge in [0.25, 0.3) is 5.56 Å². The summed E-state index contributed by atoms with van der Waals surface area (Å²) >= 11 is 0. The number of nitrogens with zero attached hydrogens (tertiary/aromatic N) is 4. The number of carbonyl (C=O) groups is 1. The molecule has 1 saturated heterocycles. The molecule has 0 bridgehead atoms. The van der Waals surface area contributed by atoms with Gasteiger partial charge in [0.2, 0.25) is 0 Å². The fourth-order valence-electron chi connectivity index (χ4n) is 5.29. The number of piperidine rings is 1. The number of fused-ring (bicyclic) bond motifs is 2. The Morgan fingerprint density at radius 1 is 1.10 bits per heavy atom. The molecule has 1 amide bonds. The molecule has 10 nitrogen and oxygen atoms in total. The van der Waals surface area contributed by atoms with E-state index >= 15 is 0 Å². The quantitative estimate of drug-likeness (QED) is 0.418. The Kier molecular flexibility index (Phi) is 8.35. The first-order valence-corrected chi connectivity index (χ1v) is 13.9. The van der Waals surface area contributed by atoms with E-state index in [2.05, 4.69) is 9.88 Å². The minimum atomic E-state index is -0.635. The van der Waals surface area contributed by atoms with Crippen molar-refractivity contribution in [2.75, 3.05) is 40.0 Å². The lowest BCUT2D eigenvalue weighted by molar-refractivity contribution is 0.00529. The van der Waals surface area contributed by atoms with Gasteiger partial charge in [0.05, 0.1) is 31.1 Å². The van der Waals surface area contributed by atoms with Gasteiger partial charge >= 0.3 is 6.09 Å². The molecule has 0 aliphatic carbocycles. The molecular formula is C30H37FN4O6. The molecule has 41 heavy (non-hydrogen) atoms. The number of hydrogen-bond donors (Lipinski definition) is 0. The number of methoxy groups -OCH3 is 1. The average molecular weight is 569 g/mol. The fourth-order valence-corrected chi connectivity index (χ4v) is 5.29. The highest BCUT2D eigenvalue weighted by Crippen LogP contribution is 2.31. The predicted molar refractivity (Wildman–Crippen MR) is 151 cm³/mol. The minimum Gasteiger partial charge on any atom is -0.497 e. The highest BCUT2D eigenvalue weighted by molar-refractivity contribution is 5.81. The summed E-state index contributed by atoms with van der Waals surface area (Å²) in [6.07, 6.45) is 2.72. The summed E-state index contributed by atoms with van der Waals surface area (Å²) in [5.74, 6) is 1.17. The fraction of sp³-hybridized carbons (Fsp3) is 0.500. The highest BCUT2D eigenvalue weighted by Gasteiger charge is 2.32. The molecule has 0 unspecified atom stereocenters. The van der Waals surface area contributed by atoms with E-state index in [4.69, 9.17) is 18.9 Å². The second-order valence-electron chi connectivity index (χ2n) is 11.4. The Labute approximate surface area is 238 Å². The van der Waals surface area contributed by atoms with E-state index in [9.17, 15) is 14.0 Å². The molecule has 1 aromatic carbocycles. The molecule has 11 heteroatoms. The second kappa shape index (κ2) is 11.9. The van der Waals surface area contributed by atoms with Crippen LogP contribution in [0.3, 0.4) is 0 Å². The SMILES string of the molecule is COc1cc(F)c2ccc(=O)n(CCN3CCC(N(Cc4cc5c(cn4)OCCO5)C(=O)OC(C)(C)C)CC3)c2c1. The zero-order chi connectivity index (χ0) is 29.1. The standard InChI is InChI=1S/C30H37FN4O6/c1-30(2,3)41-29(37)35(19-20-15-26-27(18-32-20)40-14-13-39-26)21-7-9-33(10-8-21)11-12-34-25-17-22(38-4)16-24(31)23(25)5-6-28(34)36/h5-6,15-18,21H,7-14,19H2,1-4H3. The average Bonchev–Trinajstić information content (AvgIpc) is 2.94. The Morgan fingerprint density at radius 3 is 2.54 bits per heavy atom. The molecular weight excluding hydrogens is 531 g/mol. The molecule has 2 aliphatic rings. The molecule has 220 valence electrons. The van der Waals surface area contributed by atoms with Crippen molar-refractivity contribution in [3.8, 4) is 17.2 Å². The lowest BCUT2D eigenvalue weighted by atomic mass is 10.0. The van der Waals surface area contributed by atoms with Crippen LogP contribution in [0.25, 0.3) is 10.9 Å². The van der Waals surface area contributed by atoms with Gasteiger partial charge in [-0.3, -0.25) is 14.7 Å². The lowest BCUT2D eigenvalue weighted by Crippen LogP contribution is -2.49. The number of hydrogen-bond acceptors (Lipinski definition) is 8. The zero-order valence-electron chi connectivity index (χ0n) is 24.0. The summed E-state index contributed by atoms with van der Waals surface area (Å²) in [5, 5.41) is 0.380. The van der Waals surface area contributed by atoms with Crippen molar-refractivity contribution < 1.29 is 28.1 Å². The van der Waals surface area contributed by atoms with Crippen LogP contribution in [-0.2, 0) is 17.8 Å².